The number of nitrogens with one attached hydrogen (secondary N) is 1. The number of hydrogen-bond donors (Lipinski definition) is 1. The first-order valence-corrected chi connectivity index (χ1v) is 8.90. The molecule has 0 spiro atoms. The van der Waals surface area contributed by atoms with Crippen LogP contribution in [-0.4, -0.2) is 16.3 Å². The van der Waals surface area contributed by atoms with Gasteiger partial charge in [-0.05, 0) is 5.25 Å². The second-order valence-corrected chi connectivity index (χ2v) is 9.26. The summed E-state index contributed by atoms with van der Waals surface area (Å²) in [5.41, 5.74) is 1.40. The van der Waals surface area contributed by atoms with Crippen LogP contribution in [0.1, 0.15) is 64.0 Å². The third-order valence-electron chi connectivity index (χ3n) is 2.66. The van der Waals surface area contributed by atoms with Gasteiger partial charge >= 0.3 is 0 Å². The highest BCUT2D eigenvalue weighted by Crippen LogP contribution is 2.31. The number of nitrogens with zero attached hydrogens (tertiary/aromatic N) is 1. The van der Waals surface area contributed by atoms with Crippen LogP contribution in [0.15, 0.2) is 0 Å². The molecule has 4 heteroatoms. The molecule has 1 aromatic heterocycles. The van der Waals surface area contributed by atoms with Crippen molar-refractivity contribution in [1.29, 1.82) is 0 Å². The fourth-order valence-corrected chi connectivity index (χ4v) is 3.71. The van der Waals surface area contributed by atoms with E-state index in [-0.39, 0.29) is 5.41 Å². The van der Waals surface area contributed by atoms with Crippen molar-refractivity contribution in [3.05, 3.63) is 15.6 Å². The third kappa shape index (κ3) is 5.84. The molecule has 0 atom stereocenters. The number of hydrogen-bond acceptors (Lipinski definition) is 4. The number of thiazole rings is 1. The van der Waals surface area contributed by atoms with Gasteiger partial charge in [-0.1, -0.05) is 48.5 Å². The first kappa shape index (κ1) is 17.0. The van der Waals surface area contributed by atoms with Crippen LogP contribution < -0.4 is 5.32 Å². The van der Waals surface area contributed by atoms with Crippen molar-refractivity contribution >= 4 is 23.1 Å². The van der Waals surface area contributed by atoms with E-state index in [0.29, 0.717) is 11.3 Å². The van der Waals surface area contributed by atoms with Crippen LogP contribution in [0.2, 0.25) is 0 Å². The Kier molecular flexibility index (Phi) is 6.34. The summed E-state index contributed by atoms with van der Waals surface area (Å²) in [5, 5.41) is 5.45. The molecular weight excluding hydrogens is 272 g/mol. The molecule has 0 aliphatic carbocycles. The molecule has 1 N–H and O–H groups in total. The molecule has 0 aliphatic rings. The van der Waals surface area contributed by atoms with E-state index in [4.69, 9.17) is 4.98 Å². The standard InChI is InChI=1S/C15H28N2S2/c1-10(2)16-8-12-14(15(5,6)7)17-13(19-12)9-18-11(3)4/h10-11,16H,8-9H2,1-7H3. The zero-order valence-corrected chi connectivity index (χ0v) is 15.0. The second-order valence-electron chi connectivity index (χ2n) is 6.52. The lowest BCUT2D eigenvalue weighted by Gasteiger charge is -2.18. The zero-order chi connectivity index (χ0) is 14.6. The predicted molar refractivity (Wildman–Crippen MR) is 89.2 cm³/mol. The average molecular weight is 301 g/mol. The first-order chi connectivity index (χ1) is 8.70. The van der Waals surface area contributed by atoms with Gasteiger partial charge in [-0.25, -0.2) is 4.98 Å². The Morgan fingerprint density at radius 3 is 2.32 bits per heavy atom. The molecule has 1 aromatic rings. The molecule has 2 nitrogen and oxygen atoms in total. The SMILES string of the molecule is CC(C)NCc1sc(CSC(C)C)nc1C(C)(C)C. The van der Waals surface area contributed by atoms with E-state index < -0.39 is 0 Å². The maximum absolute atomic E-state index is 4.89. The van der Waals surface area contributed by atoms with Crippen LogP contribution in [0.5, 0.6) is 0 Å². The summed E-state index contributed by atoms with van der Waals surface area (Å²) in [7, 11) is 0. The quantitative estimate of drug-likeness (QED) is 0.832. The molecule has 0 aromatic carbocycles. The Bertz CT molecular complexity index is 389. The van der Waals surface area contributed by atoms with E-state index in [1.807, 2.05) is 23.1 Å². The smallest absolute Gasteiger partial charge is 0.103 e. The van der Waals surface area contributed by atoms with Gasteiger partial charge in [0.05, 0.1) is 5.69 Å². The minimum atomic E-state index is 0.130. The van der Waals surface area contributed by atoms with Crippen LogP contribution in [0.3, 0.4) is 0 Å². The van der Waals surface area contributed by atoms with Crippen molar-refractivity contribution in [2.45, 2.75) is 77.5 Å². The Labute approximate surface area is 126 Å². The highest BCUT2D eigenvalue weighted by Gasteiger charge is 2.23. The summed E-state index contributed by atoms with van der Waals surface area (Å²) in [4.78, 5) is 6.29. The summed E-state index contributed by atoms with van der Waals surface area (Å²) < 4.78 is 0. The molecule has 110 valence electrons. The van der Waals surface area contributed by atoms with E-state index in [2.05, 4.69) is 53.8 Å². The van der Waals surface area contributed by atoms with E-state index in [9.17, 15) is 0 Å². The normalized spacial score (nSPS) is 12.7. The Balaban J connectivity index is 2.86. The fourth-order valence-electron chi connectivity index (χ4n) is 1.70. The van der Waals surface area contributed by atoms with Gasteiger partial charge in [-0.2, -0.15) is 11.8 Å². The monoisotopic (exact) mass is 300 g/mol. The van der Waals surface area contributed by atoms with E-state index in [1.54, 1.807) is 0 Å². The molecule has 0 radical (unpaired) electrons. The Morgan fingerprint density at radius 2 is 1.84 bits per heavy atom. The molecule has 0 bridgehead atoms. The van der Waals surface area contributed by atoms with Crippen molar-refractivity contribution in [1.82, 2.24) is 10.3 Å². The van der Waals surface area contributed by atoms with Crippen molar-refractivity contribution < 1.29 is 0 Å². The van der Waals surface area contributed by atoms with E-state index in [1.165, 1.54) is 15.6 Å². The predicted octanol–water partition coefficient (Wildman–Crippen LogP) is 4.58. The topological polar surface area (TPSA) is 24.9 Å². The average Bonchev–Trinajstić information content (AvgIpc) is 2.66. The maximum atomic E-state index is 4.89. The molecule has 0 fully saturated rings. The summed E-state index contributed by atoms with van der Waals surface area (Å²) >= 11 is 3.84. The zero-order valence-electron chi connectivity index (χ0n) is 13.3. The molecule has 0 unspecified atom stereocenters. The minimum absolute atomic E-state index is 0.130. The van der Waals surface area contributed by atoms with Gasteiger partial charge in [0.1, 0.15) is 5.01 Å². The molecule has 0 saturated heterocycles. The molecule has 0 amide bonds. The molecule has 19 heavy (non-hydrogen) atoms. The van der Waals surface area contributed by atoms with Crippen molar-refractivity contribution in [3.8, 4) is 0 Å². The number of rotatable bonds is 6. The van der Waals surface area contributed by atoms with Gasteiger partial charge in [0.25, 0.3) is 0 Å². The van der Waals surface area contributed by atoms with Crippen LogP contribution in [0.4, 0.5) is 0 Å². The summed E-state index contributed by atoms with van der Waals surface area (Å²) in [6.07, 6.45) is 0. The summed E-state index contributed by atoms with van der Waals surface area (Å²) in [5.74, 6) is 1.03. The van der Waals surface area contributed by atoms with Crippen LogP contribution in [0, 0.1) is 0 Å². The Morgan fingerprint density at radius 1 is 1.21 bits per heavy atom. The van der Waals surface area contributed by atoms with Gasteiger partial charge in [-0.3, -0.25) is 0 Å². The minimum Gasteiger partial charge on any atom is -0.310 e. The number of thioether (sulfide) groups is 1. The molecular formula is C15H28N2S2. The fraction of sp³-hybridized carbons (Fsp3) is 0.800. The lowest BCUT2D eigenvalue weighted by molar-refractivity contribution is 0.545. The lowest BCUT2D eigenvalue weighted by Crippen LogP contribution is -2.23. The van der Waals surface area contributed by atoms with Crippen LogP contribution in [-0.2, 0) is 17.7 Å². The number of aromatic nitrogens is 1. The largest absolute Gasteiger partial charge is 0.310 e. The molecule has 1 heterocycles. The van der Waals surface area contributed by atoms with Crippen molar-refractivity contribution in [3.63, 3.8) is 0 Å². The maximum Gasteiger partial charge on any atom is 0.103 e. The Hall–Kier alpha value is -0.0600. The van der Waals surface area contributed by atoms with Crippen molar-refractivity contribution in [2.24, 2.45) is 0 Å². The molecule has 1 rings (SSSR count). The molecule has 0 aliphatic heterocycles. The van der Waals surface area contributed by atoms with Gasteiger partial charge in [0.2, 0.25) is 0 Å². The second kappa shape index (κ2) is 7.09. The van der Waals surface area contributed by atoms with Crippen LogP contribution >= 0.6 is 23.1 Å². The summed E-state index contributed by atoms with van der Waals surface area (Å²) in [6.45, 7) is 16.5. The van der Waals surface area contributed by atoms with Crippen molar-refractivity contribution in [2.75, 3.05) is 0 Å². The highest BCUT2D eigenvalue weighted by atomic mass is 32.2. The lowest BCUT2D eigenvalue weighted by atomic mass is 9.91. The van der Waals surface area contributed by atoms with Gasteiger partial charge in [0, 0.05) is 28.6 Å². The first-order valence-electron chi connectivity index (χ1n) is 7.04. The van der Waals surface area contributed by atoms with Gasteiger partial charge in [0.15, 0.2) is 0 Å². The van der Waals surface area contributed by atoms with E-state index in [0.717, 1.165) is 12.3 Å². The van der Waals surface area contributed by atoms with Gasteiger partial charge in [-0.15, -0.1) is 11.3 Å². The third-order valence-corrected chi connectivity index (χ3v) is 5.01. The van der Waals surface area contributed by atoms with Gasteiger partial charge < -0.3 is 5.32 Å². The highest BCUT2D eigenvalue weighted by molar-refractivity contribution is 7.99. The molecule has 0 saturated carbocycles. The summed E-state index contributed by atoms with van der Waals surface area (Å²) in [6, 6.07) is 0.517. The van der Waals surface area contributed by atoms with E-state index >= 15 is 0 Å². The van der Waals surface area contributed by atoms with Crippen LogP contribution in [0.25, 0.3) is 0 Å².